The summed E-state index contributed by atoms with van der Waals surface area (Å²) in [6.45, 7) is 7.17. The van der Waals surface area contributed by atoms with Crippen molar-refractivity contribution in [3.05, 3.63) is 4.88 Å². The molecule has 0 bridgehead atoms. The zero-order valence-corrected chi connectivity index (χ0v) is 14.9. The first-order chi connectivity index (χ1) is 9.99. The van der Waals surface area contributed by atoms with E-state index in [0.29, 0.717) is 10.7 Å². The van der Waals surface area contributed by atoms with Gasteiger partial charge in [-0.25, -0.2) is 4.98 Å². The largest absolute Gasteiger partial charge is 0.382 e. The molecule has 1 atom stereocenters. The number of anilines is 2. The fourth-order valence-electron chi connectivity index (χ4n) is 1.84. The van der Waals surface area contributed by atoms with E-state index in [1.165, 1.54) is 11.3 Å². The zero-order valence-electron chi connectivity index (χ0n) is 13.3. The van der Waals surface area contributed by atoms with Crippen molar-refractivity contribution in [2.45, 2.75) is 39.7 Å². The van der Waals surface area contributed by atoms with E-state index in [2.05, 4.69) is 24.1 Å². The summed E-state index contributed by atoms with van der Waals surface area (Å²) in [5.74, 6) is 2.37. The van der Waals surface area contributed by atoms with E-state index in [4.69, 9.17) is 5.73 Å². The van der Waals surface area contributed by atoms with Gasteiger partial charge in [-0.15, -0.1) is 0 Å². The number of hydrogen-bond acceptors (Lipinski definition) is 6. The summed E-state index contributed by atoms with van der Waals surface area (Å²) in [6.07, 6.45) is 2.00. The molecule has 1 aromatic rings. The van der Waals surface area contributed by atoms with E-state index in [-0.39, 0.29) is 11.9 Å². The highest BCUT2D eigenvalue weighted by molar-refractivity contribution is 7.99. The van der Waals surface area contributed by atoms with Crippen LogP contribution in [0.5, 0.6) is 0 Å². The van der Waals surface area contributed by atoms with Crippen molar-refractivity contribution in [3.63, 3.8) is 0 Å². The SMILES string of the molecule is CCCN(C)c1nc(N)c(C(=O)NC(C)CCSCC)s1. The number of nitrogens with two attached hydrogens (primary N) is 1. The maximum Gasteiger partial charge on any atom is 0.265 e. The number of carbonyl (C=O) groups excluding carboxylic acids is 1. The Bertz CT molecular complexity index is 450. The lowest BCUT2D eigenvalue weighted by Gasteiger charge is -2.13. The van der Waals surface area contributed by atoms with Crippen LogP contribution in [0, 0.1) is 0 Å². The lowest BCUT2D eigenvalue weighted by molar-refractivity contribution is 0.0944. The first-order valence-electron chi connectivity index (χ1n) is 7.35. The molecule has 3 N–H and O–H groups in total. The number of hydrogen-bond donors (Lipinski definition) is 2. The van der Waals surface area contributed by atoms with Gasteiger partial charge in [0.05, 0.1) is 0 Å². The highest BCUT2D eigenvalue weighted by atomic mass is 32.2. The molecule has 0 aromatic carbocycles. The third-order valence-electron chi connectivity index (χ3n) is 3.01. The molecule has 0 fully saturated rings. The van der Waals surface area contributed by atoms with E-state index in [1.807, 2.05) is 30.6 Å². The minimum absolute atomic E-state index is 0.116. The van der Waals surface area contributed by atoms with Gasteiger partial charge in [0.1, 0.15) is 10.7 Å². The monoisotopic (exact) mass is 330 g/mol. The molecule has 120 valence electrons. The normalized spacial score (nSPS) is 12.2. The van der Waals surface area contributed by atoms with Crippen molar-refractivity contribution in [1.82, 2.24) is 10.3 Å². The van der Waals surface area contributed by atoms with Crippen LogP contribution in [-0.2, 0) is 0 Å². The van der Waals surface area contributed by atoms with Gasteiger partial charge in [-0.1, -0.05) is 25.2 Å². The van der Waals surface area contributed by atoms with Crippen LogP contribution in [0.3, 0.4) is 0 Å². The van der Waals surface area contributed by atoms with Gasteiger partial charge < -0.3 is 16.0 Å². The third kappa shape index (κ3) is 5.74. The number of thioether (sulfide) groups is 1. The highest BCUT2D eigenvalue weighted by Crippen LogP contribution is 2.27. The first-order valence-corrected chi connectivity index (χ1v) is 9.32. The molecule has 0 aliphatic carbocycles. The number of nitrogens with one attached hydrogen (secondary N) is 1. The molecular weight excluding hydrogens is 304 g/mol. The molecule has 7 heteroatoms. The van der Waals surface area contributed by atoms with Crippen LogP contribution < -0.4 is 16.0 Å². The first kappa shape index (κ1) is 18.1. The number of amides is 1. The van der Waals surface area contributed by atoms with E-state index >= 15 is 0 Å². The molecule has 21 heavy (non-hydrogen) atoms. The fourth-order valence-corrected chi connectivity index (χ4v) is 3.53. The number of nitrogen functional groups attached to an aromatic ring is 1. The Morgan fingerprint density at radius 1 is 1.52 bits per heavy atom. The van der Waals surface area contributed by atoms with Crippen LogP contribution in [0.15, 0.2) is 0 Å². The molecule has 0 spiro atoms. The van der Waals surface area contributed by atoms with Gasteiger partial charge in [-0.05, 0) is 31.3 Å². The summed E-state index contributed by atoms with van der Waals surface area (Å²) in [5, 5.41) is 3.80. The molecule has 0 aliphatic rings. The summed E-state index contributed by atoms with van der Waals surface area (Å²) in [7, 11) is 1.97. The third-order valence-corrected chi connectivity index (χ3v) is 5.13. The molecule has 5 nitrogen and oxygen atoms in total. The van der Waals surface area contributed by atoms with Crippen molar-refractivity contribution < 1.29 is 4.79 Å². The average molecular weight is 331 g/mol. The van der Waals surface area contributed by atoms with E-state index in [9.17, 15) is 4.79 Å². The van der Waals surface area contributed by atoms with Gasteiger partial charge in [-0.3, -0.25) is 4.79 Å². The summed E-state index contributed by atoms with van der Waals surface area (Å²) >= 11 is 3.24. The summed E-state index contributed by atoms with van der Waals surface area (Å²) in [4.78, 5) is 19.1. The summed E-state index contributed by atoms with van der Waals surface area (Å²) < 4.78 is 0. The van der Waals surface area contributed by atoms with Crippen LogP contribution in [-0.4, -0.2) is 42.0 Å². The topological polar surface area (TPSA) is 71.2 Å². The second-order valence-electron chi connectivity index (χ2n) is 4.99. The standard InChI is InChI=1S/C14H26N4OS2/c1-5-8-18(4)14-17-12(15)11(21-14)13(19)16-10(3)7-9-20-6-2/h10H,5-9,15H2,1-4H3,(H,16,19). The number of aromatic nitrogens is 1. The molecule has 1 aromatic heterocycles. The van der Waals surface area contributed by atoms with E-state index in [1.54, 1.807) is 0 Å². The predicted molar refractivity (Wildman–Crippen MR) is 94.6 cm³/mol. The number of nitrogens with zero attached hydrogens (tertiary/aromatic N) is 2. The second kappa shape index (κ2) is 9.15. The Hall–Kier alpha value is -0.950. The van der Waals surface area contributed by atoms with Gasteiger partial charge in [0.2, 0.25) is 0 Å². The quantitative estimate of drug-likeness (QED) is 0.681. The molecule has 0 saturated carbocycles. The van der Waals surface area contributed by atoms with Crippen molar-refractivity contribution in [3.8, 4) is 0 Å². The molecule has 0 radical (unpaired) electrons. The zero-order chi connectivity index (χ0) is 15.8. The predicted octanol–water partition coefficient (Wildman–Crippen LogP) is 2.83. The second-order valence-corrected chi connectivity index (χ2v) is 7.36. The molecule has 0 aliphatic heterocycles. The van der Waals surface area contributed by atoms with Crippen molar-refractivity contribution in [2.75, 3.05) is 35.7 Å². The number of rotatable bonds is 9. The molecular formula is C14H26N4OS2. The van der Waals surface area contributed by atoms with Crippen LogP contribution in [0.25, 0.3) is 0 Å². The summed E-state index contributed by atoms with van der Waals surface area (Å²) in [5.41, 5.74) is 5.88. The Labute approximate surface area is 135 Å². The lowest BCUT2D eigenvalue weighted by Crippen LogP contribution is -2.32. The molecule has 1 rings (SSSR count). The lowest BCUT2D eigenvalue weighted by atomic mass is 10.2. The Morgan fingerprint density at radius 3 is 2.86 bits per heavy atom. The molecule has 0 saturated heterocycles. The Kier molecular flexibility index (Phi) is 7.88. The average Bonchev–Trinajstić information content (AvgIpc) is 2.81. The van der Waals surface area contributed by atoms with Crippen LogP contribution >= 0.6 is 23.1 Å². The van der Waals surface area contributed by atoms with Gasteiger partial charge in [0.15, 0.2) is 5.13 Å². The maximum absolute atomic E-state index is 12.3. The highest BCUT2D eigenvalue weighted by Gasteiger charge is 2.19. The van der Waals surface area contributed by atoms with Crippen molar-refractivity contribution >= 4 is 40.0 Å². The van der Waals surface area contributed by atoms with Gasteiger partial charge in [0.25, 0.3) is 5.91 Å². The van der Waals surface area contributed by atoms with Gasteiger partial charge in [-0.2, -0.15) is 11.8 Å². The summed E-state index contributed by atoms with van der Waals surface area (Å²) in [6, 6.07) is 0.148. The Balaban J connectivity index is 2.61. The van der Waals surface area contributed by atoms with Gasteiger partial charge >= 0.3 is 0 Å². The molecule has 1 unspecified atom stereocenters. The maximum atomic E-state index is 12.3. The van der Waals surface area contributed by atoms with Crippen molar-refractivity contribution in [2.24, 2.45) is 0 Å². The van der Waals surface area contributed by atoms with Gasteiger partial charge in [0, 0.05) is 19.6 Å². The van der Waals surface area contributed by atoms with E-state index in [0.717, 1.165) is 36.0 Å². The number of carbonyl (C=O) groups is 1. The fraction of sp³-hybridized carbons (Fsp3) is 0.714. The van der Waals surface area contributed by atoms with E-state index < -0.39 is 0 Å². The Morgan fingerprint density at radius 2 is 2.24 bits per heavy atom. The minimum Gasteiger partial charge on any atom is -0.382 e. The molecule has 1 amide bonds. The van der Waals surface area contributed by atoms with Crippen LogP contribution in [0.1, 0.15) is 43.3 Å². The van der Waals surface area contributed by atoms with Crippen molar-refractivity contribution in [1.29, 1.82) is 0 Å². The minimum atomic E-state index is -0.116. The number of thiazole rings is 1. The molecule has 1 heterocycles. The van der Waals surface area contributed by atoms with Crippen LogP contribution in [0.4, 0.5) is 10.9 Å². The smallest absolute Gasteiger partial charge is 0.265 e. The van der Waals surface area contributed by atoms with Crippen LogP contribution in [0.2, 0.25) is 0 Å².